The molecular formula is C12H17N3O. The Morgan fingerprint density at radius 1 is 1.31 bits per heavy atom. The number of rotatable bonds is 3. The van der Waals surface area contributed by atoms with E-state index in [1.54, 1.807) is 6.07 Å². The van der Waals surface area contributed by atoms with E-state index in [1.165, 1.54) is 12.8 Å². The number of hydrogen-bond donors (Lipinski definition) is 2. The molecule has 1 aliphatic heterocycles. The Labute approximate surface area is 95.2 Å². The highest BCUT2D eigenvalue weighted by atomic mass is 16.1. The van der Waals surface area contributed by atoms with Crippen molar-refractivity contribution < 1.29 is 4.79 Å². The van der Waals surface area contributed by atoms with Gasteiger partial charge in [0, 0.05) is 25.3 Å². The van der Waals surface area contributed by atoms with E-state index in [0.29, 0.717) is 12.1 Å². The predicted molar refractivity (Wildman–Crippen MR) is 64.3 cm³/mol. The van der Waals surface area contributed by atoms with Crippen molar-refractivity contribution in [3.8, 4) is 0 Å². The molecule has 1 heterocycles. The standard InChI is InChI=1S/C12H17N3O/c13-8-9-3-4-11(10(7-9)12(14)16)15-5-1-2-6-15/h3-4,7H,1-2,5-6,8,13H2,(H2,14,16). The van der Waals surface area contributed by atoms with Gasteiger partial charge in [0.2, 0.25) is 0 Å². The van der Waals surface area contributed by atoms with Crippen molar-refractivity contribution in [1.29, 1.82) is 0 Å². The van der Waals surface area contributed by atoms with Gasteiger partial charge in [-0.15, -0.1) is 0 Å². The molecule has 86 valence electrons. The summed E-state index contributed by atoms with van der Waals surface area (Å²) in [5.74, 6) is -0.378. The normalized spacial score (nSPS) is 15.4. The second-order valence-electron chi connectivity index (χ2n) is 4.11. The van der Waals surface area contributed by atoms with Crippen molar-refractivity contribution in [3.63, 3.8) is 0 Å². The van der Waals surface area contributed by atoms with Gasteiger partial charge in [0.1, 0.15) is 0 Å². The second kappa shape index (κ2) is 4.53. The van der Waals surface area contributed by atoms with Crippen LogP contribution in [0.2, 0.25) is 0 Å². The number of nitrogens with zero attached hydrogens (tertiary/aromatic N) is 1. The molecule has 4 heteroatoms. The van der Waals surface area contributed by atoms with Gasteiger partial charge in [0.15, 0.2) is 0 Å². The van der Waals surface area contributed by atoms with Crippen molar-refractivity contribution in [1.82, 2.24) is 0 Å². The molecule has 0 radical (unpaired) electrons. The van der Waals surface area contributed by atoms with Crippen molar-refractivity contribution in [3.05, 3.63) is 29.3 Å². The highest BCUT2D eigenvalue weighted by Crippen LogP contribution is 2.25. The Kier molecular flexibility index (Phi) is 3.10. The highest BCUT2D eigenvalue weighted by Gasteiger charge is 2.18. The molecule has 16 heavy (non-hydrogen) atoms. The Hall–Kier alpha value is -1.55. The summed E-state index contributed by atoms with van der Waals surface area (Å²) in [7, 11) is 0. The van der Waals surface area contributed by atoms with Crippen LogP contribution in [0.5, 0.6) is 0 Å². The van der Waals surface area contributed by atoms with Crippen LogP contribution in [0.3, 0.4) is 0 Å². The molecule has 0 aromatic heterocycles. The number of benzene rings is 1. The van der Waals surface area contributed by atoms with Crippen molar-refractivity contribution in [2.24, 2.45) is 11.5 Å². The van der Waals surface area contributed by atoms with E-state index < -0.39 is 0 Å². The van der Waals surface area contributed by atoms with Gasteiger partial charge in [-0.3, -0.25) is 4.79 Å². The number of carbonyl (C=O) groups is 1. The average molecular weight is 219 g/mol. The van der Waals surface area contributed by atoms with Crippen molar-refractivity contribution in [2.45, 2.75) is 19.4 Å². The first kappa shape index (κ1) is 11.0. The minimum Gasteiger partial charge on any atom is -0.371 e. The van der Waals surface area contributed by atoms with E-state index in [2.05, 4.69) is 4.90 Å². The first-order valence-corrected chi connectivity index (χ1v) is 5.60. The topological polar surface area (TPSA) is 72.3 Å². The van der Waals surface area contributed by atoms with Crippen LogP contribution in [0.1, 0.15) is 28.8 Å². The average Bonchev–Trinajstić information content (AvgIpc) is 2.81. The maximum atomic E-state index is 11.4. The number of hydrogen-bond acceptors (Lipinski definition) is 3. The van der Waals surface area contributed by atoms with Crippen LogP contribution >= 0.6 is 0 Å². The molecule has 1 saturated heterocycles. The van der Waals surface area contributed by atoms with E-state index in [1.807, 2.05) is 12.1 Å². The molecule has 1 fully saturated rings. The van der Waals surface area contributed by atoms with E-state index in [4.69, 9.17) is 11.5 Å². The summed E-state index contributed by atoms with van der Waals surface area (Å²) >= 11 is 0. The van der Waals surface area contributed by atoms with Gasteiger partial charge in [-0.05, 0) is 30.5 Å². The van der Waals surface area contributed by atoms with E-state index in [9.17, 15) is 4.79 Å². The molecule has 1 amide bonds. The lowest BCUT2D eigenvalue weighted by Gasteiger charge is -2.20. The number of amides is 1. The van der Waals surface area contributed by atoms with Crippen LogP contribution in [0.25, 0.3) is 0 Å². The first-order chi connectivity index (χ1) is 7.72. The third-order valence-electron chi connectivity index (χ3n) is 3.01. The summed E-state index contributed by atoms with van der Waals surface area (Å²) in [6, 6.07) is 5.71. The fraction of sp³-hybridized carbons (Fsp3) is 0.417. The number of primary amides is 1. The Balaban J connectivity index is 2.39. The van der Waals surface area contributed by atoms with Gasteiger partial charge < -0.3 is 16.4 Å². The van der Waals surface area contributed by atoms with Crippen molar-refractivity contribution in [2.75, 3.05) is 18.0 Å². The minimum absolute atomic E-state index is 0.378. The minimum atomic E-state index is -0.378. The molecule has 0 spiro atoms. The number of carbonyl (C=O) groups excluding carboxylic acids is 1. The lowest BCUT2D eigenvalue weighted by Crippen LogP contribution is -2.23. The quantitative estimate of drug-likeness (QED) is 0.791. The zero-order valence-electron chi connectivity index (χ0n) is 9.28. The molecule has 2 rings (SSSR count). The third kappa shape index (κ3) is 2.02. The Bertz CT molecular complexity index is 397. The summed E-state index contributed by atoms with van der Waals surface area (Å²) in [5, 5.41) is 0. The molecule has 4 N–H and O–H groups in total. The van der Waals surface area contributed by atoms with Gasteiger partial charge >= 0.3 is 0 Å². The van der Waals surface area contributed by atoms with Gasteiger partial charge in [0.25, 0.3) is 5.91 Å². The molecule has 0 bridgehead atoms. The van der Waals surface area contributed by atoms with Crippen LogP contribution in [0.15, 0.2) is 18.2 Å². The zero-order chi connectivity index (χ0) is 11.5. The fourth-order valence-electron chi connectivity index (χ4n) is 2.14. The molecule has 0 unspecified atom stereocenters. The SMILES string of the molecule is NCc1ccc(N2CCCC2)c(C(N)=O)c1. The third-order valence-corrected chi connectivity index (χ3v) is 3.01. The van der Waals surface area contributed by atoms with E-state index in [-0.39, 0.29) is 5.91 Å². The molecule has 4 nitrogen and oxygen atoms in total. The van der Waals surface area contributed by atoms with Crippen LogP contribution < -0.4 is 16.4 Å². The molecule has 0 saturated carbocycles. The predicted octanol–water partition coefficient (Wildman–Crippen LogP) is 0.844. The first-order valence-electron chi connectivity index (χ1n) is 5.60. The summed E-state index contributed by atoms with van der Waals surface area (Å²) in [5.41, 5.74) is 13.4. The maximum absolute atomic E-state index is 11.4. The summed E-state index contributed by atoms with van der Waals surface area (Å²) in [6.45, 7) is 2.44. The molecule has 0 atom stereocenters. The summed E-state index contributed by atoms with van der Waals surface area (Å²) in [6.07, 6.45) is 2.35. The molecule has 1 aromatic rings. The summed E-state index contributed by atoms with van der Waals surface area (Å²) < 4.78 is 0. The Morgan fingerprint density at radius 2 is 2.00 bits per heavy atom. The monoisotopic (exact) mass is 219 g/mol. The molecular weight excluding hydrogens is 202 g/mol. The zero-order valence-corrected chi connectivity index (χ0v) is 9.28. The molecule has 1 aliphatic rings. The molecule has 0 aliphatic carbocycles. The van der Waals surface area contributed by atoms with Gasteiger partial charge in [-0.1, -0.05) is 6.07 Å². The largest absolute Gasteiger partial charge is 0.371 e. The lowest BCUT2D eigenvalue weighted by molar-refractivity contribution is 0.100. The summed E-state index contributed by atoms with van der Waals surface area (Å²) in [4.78, 5) is 13.6. The lowest BCUT2D eigenvalue weighted by atomic mass is 10.1. The van der Waals surface area contributed by atoms with Crippen LogP contribution in [-0.4, -0.2) is 19.0 Å². The van der Waals surface area contributed by atoms with Crippen LogP contribution in [-0.2, 0) is 6.54 Å². The Morgan fingerprint density at radius 3 is 2.56 bits per heavy atom. The number of nitrogens with two attached hydrogens (primary N) is 2. The number of anilines is 1. The molecule has 1 aromatic carbocycles. The van der Waals surface area contributed by atoms with E-state index >= 15 is 0 Å². The highest BCUT2D eigenvalue weighted by molar-refractivity contribution is 5.99. The van der Waals surface area contributed by atoms with Gasteiger partial charge in [-0.2, -0.15) is 0 Å². The smallest absolute Gasteiger partial charge is 0.250 e. The van der Waals surface area contributed by atoms with E-state index in [0.717, 1.165) is 24.3 Å². The van der Waals surface area contributed by atoms with Gasteiger partial charge in [0.05, 0.1) is 5.56 Å². The van der Waals surface area contributed by atoms with Crippen molar-refractivity contribution >= 4 is 11.6 Å². The fourth-order valence-corrected chi connectivity index (χ4v) is 2.14. The van der Waals surface area contributed by atoms with Crippen LogP contribution in [0.4, 0.5) is 5.69 Å². The van der Waals surface area contributed by atoms with Crippen LogP contribution in [0, 0.1) is 0 Å². The second-order valence-corrected chi connectivity index (χ2v) is 4.11. The van der Waals surface area contributed by atoms with Gasteiger partial charge in [-0.25, -0.2) is 0 Å². The maximum Gasteiger partial charge on any atom is 0.250 e.